The summed E-state index contributed by atoms with van der Waals surface area (Å²) >= 11 is 3.40. The molecule has 1 aromatic heterocycles. The van der Waals surface area contributed by atoms with E-state index in [1.807, 2.05) is 43.7 Å². The SMILES string of the molecule is CC(C)(C)n1nc2c(c1NC(=O)c1ccccc1Br)C[S@](=O)C2. The normalized spacial score (nSPS) is 17.1. The van der Waals surface area contributed by atoms with Crippen molar-refractivity contribution >= 4 is 38.5 Å². The van der Waals surface area contributed by atoms with Crippen LogP contribution in [-0.2, 0) is 27.8 Å². The van der Waals surface area contributed by atoms with E-state index in [9.17, 15) is 9.00 Å². The van der Waals surface area contributed by atoms with Crippen LogP contribution in [0.3, 0.4) is 0 Å². The minimum absolute atomic E-state index is 0.205. The van der Waals surface area contributed by atoms with Crippen molar-refractivity contribution < 1.29 is 9.00 Å². The molecule has 5 nitrogen and oxygen atoms in total. The Balaban J connectivity index is 2.01. The number of halogens is 1. The third-order valence-corrected chi connectivity index (χ3v) is 5.55. The molecule has 2 aromatic rings. The summed E-state index contributed by atoms with van der Waals surface area (Å²) in [5.74, 6) is 1.34. The predicted molar refractivity (Wildman–Crippen MR) is 94.9 cm³/mol. The number of carbonyl (C=O) groups is 1. The summed E-state index contributed by atoms with van der Waals surface area (Å²) in [6.07, 6.45) is 0. The lowest BCUT2D eigenvalue weighted by Gasteiger charge is -2.23. The molecule has 0 spiro atoms. The number of rotatable bonds is 2. The minimum Gasteiger partial charge on any atom is -0.306 e. The first-order chi connectivity index (χ1) is 10.8. The highest BCUT2D eigenvalue weighted by atomic mass is 79.9. The number of benzene rings is 1. The summed E-state index contributed by atoms with van der Waals surface area (Å²) in [7, 11) is -0.934. The summed E-state index contributed by atoms with van der Waals surface area (Å²) in [6, 6.07) is 7.27. The van der Waals surface area contributed by atoms with E-state index >= 15 is 0 Å². The molecule has 0 saturated carbocycles. The third kappa shape index (κ3) is 3.12. The molecule has 0 radical (unpaired) electrons. The Morgan fingerprint density at radius 3 is 2.65 bits per heavy atom. The fourth-order valence-electron chi connectivity index (χ4n) is 2.56. The van der Waals surface area contributed by atoms with Gasteiger partial charge in [0, 0.05) is 20.8 Å². The zero-order chi connectivity index (χ0) is 16.8. The first-order valence-corrected chi connectivity index (χ1v) is 9.57. The number of anilines is 1. The molecule has 1 amide bonds. The van der Waals surface area contributed by atoms with E-state index in [0.29, 0.717) is 22.9 Å². The fourth-order valence-corrected chi connectivity index (χ4v) is 4.29. The van der Waals surface area contributed by atoms with Crippen LogP contribution in [0.5, 0.6) is 0 Å². The van der Waals surface area contributed by atoms with Crippen molar-refractivity contribution in [2.45, 2.75) is 37.8 Å². The maximum absolute atomic E-state index is 12.6. The second kappa shape index (κ2) is 5.87. The van der Waals surface area contributed by atoms with Crippen LogP contribution in [0.25, 0.3) is 0 Å². The Labute approximate surface area is 146 Å². The highest BCUT2D eigenvalue weighted by molar-refractivity contribution is 9.10. The number of hydrogen-bond acceptors (Lipinski definition) is 3. The molecule has 1 atom stereocenters. The monoisotopic (exact) mass is 395 g/mol. The highest BCUT2D eigenvalue weighted by Gasteiger charge is 2.31. The maximum atomic E-state index is 12.6. The molecule has 1 aromatic carbocycles. The van der Waals surface area contributed by atoms with Gasteiger partial charge in [-0.25, -0.2) is 4.68 Å². The second-order valence-corrected chi connectivity index (χ2v) is 8.83. The van der Waals surface area contributed by atoms with Crippen LogP contribution in [0.15, 0.2) is 28.7 Å². The summed E-state index contributed by atoms with van der Waals surface area (Å²) in [6.45, 7) is 6.08. The number of nitrogens with zero attached hydrogens (tertiary/aromatic N) is 2. The van der Waals surface area contributed by atoms with Crippen molar-refractivity contribution in [3.8, 4) is 0 Å². The number of fused-ring (bicyclic) bond motifs is 1. The Morgan fingerprint density at radius 2 is 2.00 bits per heavy atom. The summed E-state index contributed by atoms with van der Waals surface area (Å²) in [5, 5.41) is 7.55. The van der Waals surface area contributed by atoms with Crippen molar-refractivity contribution in [1.29, 1.82) is 0 Å². The average Bonchev–Trinajstić information content (AvgIpc) is 2.96. The molecule has 0 unspecified atom stereocenters. The van der Waals surface area contributed by atoms with E-state index in [-0.39, 0.29) is 11.4 Å². The lowest BCUT2D eigenvalue weighted by atomic mass is 10.1. The zero-order valence-electron chi connectivity index (χ0n) is 13.2. The first-order valence-electron chi connectivity index (χ1n) is 7.29. The topological polar surface area (TPSA) is 64.0 Å². The third-order valence-electron chi connectivity index (χ3n) is 3.66. The van der Waals surface area contributed by atoms with E-state index in [2.05, 4.69) is 26.3 Å². The molecule has 0 aliphatic carbocycles. The van der Waals surface area contributed by atoms with E-state index in [1.165, 1.54) is 0 Å². The van der Waals surface area contributed by atoms with Crippen LogP contribution < -0.4 is 5.32 Å². The Hall–Kier alpha value is -1.47. The summed E-state index contributed by atoms with van der Waals surface area (Å²) in [5.41, 5.74) is 1.99. The van der Waals surface area contributed by atoms with Crippen LogP contribution in [0, 0.1) is 0 Å². The molecule has 3 rings (SSSR count). The van der Waals surface area contributed by atoms with Gasteiger partial charge in [0.25, 0.3) is 5.91 Å². The Kier molecular flexibility index (Phi) is 4.18. The number of hydrogen-bond donors (Lipinski definition) is 1. The van der Waals surface area contributed by atoms with E-state index in [4.69, 9.17) is 0 Å². The van der Waals surface area contributed by atoms with Crippen molar-refractivity contribution in [1.82, 2.24) is 9.78 Å². The van der Waals surface area contributed by atoms with Gasteiger partial charge in [0.2, 0.25) is 0 Å². The molecule has 0 saturated heterocycles. The number of nitrogens with one attached hydrogen (secondary N) is 1. The Morgan fingerprint density at radius 1 is 1.30 bits per heavy atom. The largest absolute Gasteiger partial charge is 0.306 e. The van der Waals surface area contributed by atoms with Gasteiger partial charge in [0.05, 0.1) is 28.3 Å². The number of carbonyl (C=O) groups excluding carboxylic acids is 1. The lowest BCUT2D eigenvalue weighted by Crippen LogP contribution is -2.27. The van der Waals surface area contributed by atoms with E-state index in [0.717, 1.165) is 15.7 Å². The fraction of sp³-hybridized carbons (Fsp3) is 0.375. The van der Waals surface area contributed by atoms with Gasteiger partial charge in [-0.3, -0.25) is 9.00 Å². The minimum atomic E-state index is -0.934. The molecule has 2 heterocycles. The molecular formula is C16H18BrN3O2S. The standard InChI is InChI=1S/C16H18BrN3O2S/c1-16(2,3)20-14(11-8-23(22)9-13(11)19-20)18-15(21)10-6-4-5-7-12(10)17/h4-7H,8-9H2,1-3H3,(H,18,21)/t23-/m0/s1. The molecule has 1 N–H and O–H groups in total. The van der Waals surface area contributed by atoms with Crippen molar-refractivity contribution in [3.63, 3.8) is 0 Å². The van der Waals surface area contributed by atoms with Gasteiger partial charge >= 0.3 is 0 Å². The van der Waals surface area contributed by atoms with E-state index in [1.54, 1.807) is 6.07 Å². The Bertz CT molecular complexity index is 808. The van der Waals surface area contributed by atoms with Gasteiger partial charge in [0.15, 0.2) is 0 Å². The first kappa shape index (κ1) is 16.4. The number of aromatic nitrogens is 2. The molecule has 23 heavy (non-hydrogen) atoms. The smallest absolute Gasteiger partial charge is 0.257 e. The summed E-state index contributed by atoms with van der Waals surface area (Å²) in [4.78, 5) is 12.6. The van der Waals surface area contributed by atoms with Crippen LogP contribution in [0.1, 0.15) is 42.4 Å². The van der Waals surface area contributed by atoms with Crippen LogP contribution in [0.4, 0.5) is 5.82 Å². The maximum Gasteiger partial charge on any atom is 0.257 e. The molecule has 0 fully saturated rings. The van der Waals surface area contributed by atoms with Crippen molar-refractivity contribution in [3.05, 3.63) is 45.6 Å². The van der Waals surface area contributed by atoms with Crippen LogP contribution in [0.2, 0.25) is 0 Å². The quantitative estimate of drug-likeness (QED) is 0.846. The van der Waals surface area contributed by atoms with Gasteiger partial charge in [-0.15, -0.1) is 0 Å². The van der Waals surface area contributed by atoms with Gasteiger partial charge in [0.1, 0.15) is 5.82 Å². The molecule has 7 heteroatoms. The molecule has 0 bridgehead atoms. The van der Waals surface area contributed by atoms with Gasteiger partial charge in [-0.1, -0.05) is 12.1 Å². The molecular weight excluding hydrogens is 378 g/mol. The van der Waals surface area contributed by atoms with Crippen LogP contribution >= 0.6 is 15.9 Å². The summed E-state index contributed by atoms with van der Waals surface area (Å²) < 4.78 is 14.4. The molecule has 122 valence electrons. The van der Waals surface area contributed by atoms with Gasteiger partial charge in [-0.2, -0.15) is 5.10 Å². The van der Waals surface area contributed by atoms with Crippen LogP contribution in [-0.4, -0.2) is 19.9 Å². The van der Waals surface area contributed by atoms with Gasteiger partial charge < -0.3 is 5.32 Å². The van der Waals surface area contributed by atoms with Crippen molar-refractivity contribution in [2.24, 2.45) is 0 Å². The van der Waals surface area contributed by atoms with Crippen molar-refractivity contribution in [2.75, 3.05) is 5.32 Å². The number of amides is 1. The zero-order valence-corrected chi connectivity index (χ0v) is 15.6. The predicted octanol–water partition coefficient (Wildman–Crippen LogP) is 3.42. The molecule has 1 aliphatic heterocycles. The van der Waals surface area contributed by atoms with E-state index < -0.39 is 10.8 Å². The van der Waals surface area contributed by atoms with Gasteiger partial charge in [-0.05, 0) is 48.8 Å². The average molecular weight is 396 g/mol. The second-order valence-electron chi connectivity index (χ2n) is 6.52. The highest BCUT2D eigenvalue weighted by Crippen LogP contribution is 2.33. The molecule has 1 aliphatic rings. The lowest BCUT2D eigenvalue weighted by molar-refractivity contribution is 0.102.